The van der Waals surface area contributed by atoms with Crippen molar-refractivity contribution < 1.29 is 24.2 Å². The van der Waals surface area contributed by atoms with E-state index in [9.17, 15) is 14.4 Å². The number of carbonyl (C=O) groups excluding carboxylic acids is 2. The molecule has 7 nitrogen and oxygen atoms in total. The second-order valence-corrected chi connectivity index (χ2v) is 5.21. The first-order valence-electron chi connectivity index (χ1n) is 6.57. The predicted molar refractivity (Wildman–Crippen MR) is 69.9 cm³/mol. The van der Waals surface area contributed by atoms with Crippen molar-refractivity contribution in [2.75, 3.05) is 0 Å². The molecule has 1 unspecified atom stereocenters. The van der Waals surface area contributed by atoms with Gasteiger partial charge in [0.1, 0.15) is 0 Å². The van der Waals surface area contributed by atoms with Crippen LogP contribution < -0.4 is 10.6 Å². The molecule has 0 bridgehead atoms. The van der Waals surface area contributed by atoms with Gasteiger partial charge in [-0.2, -0.15) is 0 Å². The molecule has 2 aliphatic rings. The fourth-order valence-corrected chi connectivity index (χ4v) is 2.61. The second-order valence-electron chi connectivity index (χ2n) is 5.21. The lowest BCUT2D eigenvalue weighted by Crippen LogP contribution is -2.52. The number of carbonyl (C=O) groups is 3. The van der Waals surface area contributed by atoms with Gasteiger partial charge in [-0.05, 0) is 12.0 Å². The monoisotopic (exact) mass is 290 g/mol. The summed E-state index contributed by atoms with van der Waals surface area (Å²) in [5.74, 6) is -2.84. The number of ether oxygens (including phenoxy) is 1. The van der Waals surface area contributed by atoms with Crippen LogP contribution in [0, 0.1) is 11.8 Å². The highest BCUT2D eigenvalue weighted by molar-refractivity contribution is 6.06. The maximum absolute atomic E-state index is 12.1. The highest BCUT2D eigenvalue weighted by Gasteiger charge is 2.64. The molecule has 1 saturated carbocycles. The summed E-state index contributed by atoms with van der Waals surface area (Å²) in [6.07, 6.45) is 0.303. The van der Waals surface area contributed by atoms with Gasteiger partial charge in [-0.3, -0.25) is 14.9 Å². The minimum Gasteiger partial charge on any atom is -0.481 e. The largest absolute Gasteiger partial charge is 0.481 e. The minimum absolute atomic E-state index is 0.109. The molecule has 1 heterocycles. The molecular formula is C14H14N2O5. The Hall–Kier alpha value is -2.41. The average Bonchev–Trinajstić information content (AvgIpc) is 3.20. The molecule has 7 heteroatoms. The Kier molecular flexibility index (Phi) is 3.13. The number of amides is 3. The van der Waals surface area contributed by atoms with Gasteiger partial charge >= 0.3 is 12.0 Å². The van der Waals surface area contributed by atoms with Gasteiger partial charge in [0.15, 0.2) is 0 Å². The Labute approximate surface area is 120 Å². The molecule has 110 valence electrons. The molecule has 1 aliphatic carbocycles. The Morgan fingerprint density at radius 3 is 2.57 bits per heavy atom. The van der Waals surface area contributed by atoms with Crippen molar-refractivity contribution in [3.63, 3.8) is 0 Å². The van der Waals surface area contributed by atoms with Gasteiger partial charge in [-0.1, -0.05) is 30.3 Å². The zero-order valence-electron chi connectivity index (χ0n) is 11.0. The van der Waals surface area contributed by atoms with Gasteiger partial charge in [-0.25, -0.2) is 4.79 Å². The van der Waals surface area contributed by atoms with Crippen molar-refractivity contribution in [3.05, 3.63) is 35.9 Å². The van der Waals surface area contributed by atoms with Crippen LogP contribution in [-0.2, 0) is 20.9 Å². The zero-order chi connectivity index (χ0) is 15.0. The van der Waals surface area contributed by atoms with Gasteiger partial charge in [0.25, 0.3) is 5.91 Å². The summed E-state index contributed by atoms with van der Waals surface area (Å²) >= 11 is 0. The quantitative estimate of drug-likeness (QED) is 0.683. The van der Waals surface area contributed by atoms with Crippen LogP contribution >= 0.6 is 0 Å². The summed E-state index contributed by atoms with van der Waals surface area (Å²) < 4.78 is 5.66. The molecule has 0 aromatic heterocycles. The van der Waals surface area contributed by atoms with E-state index in [1.54, 1.807) is 0 Å². The van der Waals surface area contributed by atoms with Gasteiger partial charge in [-0.15, -0.1) is 0 Å². The van der Waals surface area contributed by atoms with Crippen molar-refractivity contribution >= 4 is 17.9 Å². The summed E-state index contributed by atoms with van der Waals surface area (Å²) in [5.41, 5.74) is -0.756. The number of aliphatic carboxylic acids is 1. The molecule has 0 radical (unpaired) electrons. The van der Waals surface area contributed by atoms with Crippen molar-refractivity contribution in [2.24, 2.45) is 11.8 Å². The van der Waals surface area contributed by atoms with Crippen LogP contribution in [0.4, 0.5) is 4.79 Å². The first-order chi connectivity index (χ1) is 10.0. The minimum atomic E-state index is -1.59. The number of urea groups is 1. The highest BCUT2D eigenvalue weighted by Crippen LogP contribution is 2.48. The second kappa shape index (κ2) is 4.85. The molecule has 1 saturated heterocycles. The number of benzene rings is 1. The number of hydrogen-bond donors (Lipinski definition) is 3. The topological polar surface area (TPSA) is 105 Å². The normalized spacial score (nSPS) is 30.7. The van der Waals surface area contributed by atoms with E-state index in [1.807, 2.05) is 30.3 Å². The van der Waals surface area contributed by atoms with Gasteiger partial charge < -0.3 is 15.2 Å². The van der Waals surface area contributed by atoms with Crippen molar-refractivity contribution in [1.29, 1.82) is 0 Å². The third-order valence-corrected chi connectivity index (χ3v) is 3.80. The number of carboxylic acids is 1. The van der Waals surface area contributed by atoms with E-state index < -0.39 is 35.5 Å². The summed E-state index contributed by atoms with van der Waals surface area (Å²) in [6.45, 7) is 0.109. The number of rotatable bonds is 5. The number of imide groups is 1. The van der Waals surface area contributed by atoms with Crippen molar-refractivity contribution in [3.8, 4) is 0 Å². The molecule has 1 aliphatic heterocycles. The first kappa shape index (κ1) is 13.6. The molecule has 2 fully saturated rings. The maximum atomic E-state index is 12.1. The maximum Gasteiger partial charge on any atom is 0.324 e. The Bertz CT molecular complexity index is 603. The number of nitrogens with one attached hydrogen (secondary N) is 2. The lowest BCUT2D eigenvalue weighted by atomic mass is 10.1. The average molecular weight is 290 g/mol. The zero-order valence-corrected chi connectivity index (χ0v) is 11.0. The Balaban J connectivity index is 1.79. The van der Waals surface area contributed by atoms with Gasteiger partial charge in [0.05, 0.1) is 12.5 Å². The van der Waals surface area contributed by atoms with E-state index in [1.165, 1.54) is 0 Å². The predicted octanol–water partition coefficient (Wildman–Crippen LogP) is 0.460. The van der Waals surface area contributed by atoms with E-state index in [0.717, 1.165) is 5.56 Å². The van der Waals surface area contributed by atoms with E-state index >= 15 is 0 Å². The van der Waals surface area contributed by atoms with E-state index in [-0.39, 0.29) is 6.61 Å². The molecule has 3 rings (SSSR count). The Morgan fingerprint density at radius 2 is 2.05 bits per heavy atom. The molecule has 1 aromatic carbocycles. The molecule has 0 spiro atoms. The molecular weight excluding hydrogens is 276 g/mol. The smallest absolute Gasteiger partial charge is 0.324 e. The first-order valence-corrected chi connectivity index (χ1v) is 6.57. The Morgan fingerprint density at radius 1 is 1.33 bits per heavy atom. The third-order valence-electron chi connectivity index (χ3n) is 3.80. The van der Waals surface area contributed by atoms with Crippen molar-refractivity contribution in [1.82, 2.24) is 10.6 Å². The van der Waals surface area contributed by atoms with E-state index in [4.69, 9.17) is 9.84 Å². The van der Waals surface area contributed by atoms with Crippen LogP contribution in [0.2, 0.25) is 0 Å². The molecule has 1 aromatic rings. The SMILES string of the molecule is O=C1NC(=O)C(OCc2ccccc2)([C@H]2C[C@@H]2C(=O)O)N1. The van der Waals surface area contributed by atoms with Gasteiger partial charge in [0, 0.05) is 5.92 Å². The van der Waals surface area contributed by atoms with Gasteiger partial charge in [0.2, 0.25) is 5.72 Å². The van der Waals surface area contributed by atoms with E-state index in [0.29, 0.717) is 6.42 Å². The van der Waals surface area contributed by atoms with Crippen LogP contribution in [-0.4, -0.2) is 28.7 Å². The van der Waals surface area contributed by atoms with Crippen LogP contribution in [0.15, 0.2) is 30.3 Å². The molecule has 3 atom stereocenters. The van der Waals surface area contributed by atoms with Crippen LogP contribution in [0.25, 0.3) is 0 Å². The molecule has 3 amide bonds. The standard InChI is InChI=1S/C14H14N2O5/c17-11(18)9-6-10(9)14(12(19)15-13(20)16-14)21-7-8-4-2-1-3-5-8/h1-5,9-10H,6-7H2,(H,17,18)(H2,15,16,19,20)/t9-,10-,14?/m0/s1. The highest BCUT2D eigenvalue weighted by atomic mass is 16.5. The number of carboxylic acid groups (broad SMARTS) is 1. The third kappa shape index (κ3) is 2.36. The lowest BCUT2D eigenvalue weighted by molar-refractivity contribution is -0.153. The lowest BCUT2D eigenvalue weighted by Gasteiger charge is -2.26. The van der Waals surface area contributed by atoms with Crippen LogP contribution in [0.3, 0.4) is 0 Å². The molecule has 21 heavy (non-hydrogen) atoms. The summed E-state index contributed by atoms with van der Waals surface area (Å²) in [7, 11) is 0. The van der Waals surface area contributed by atoms with Crippen LogP contribution in [0.5, 0.6) is 0 Å². The fraction of sp³-hybridized carbons (Fsp3) is 0.357. The summed E-state index contributed by atoms with van der Waals surface area (Å²) in [4.78, 5) is 34.5. The summed E-state index contributed by atoms with van der Waals surface area (Å²) in [5, 5.41) is 13.6. The van der Waals surface area contributed by atoms with Crippen LogP contribution in [0.1, 0.15) is 12.0 Å². The van der Waals surface area contributed by atoms with E-state index in [2.05, 4.69) is 10.6 Å². The van der Waals surface area contributed by atoms with Crippen molar-refractivity contribution in [2.45, 2.75) is 18.8 Å². The summed E-state index contributed by atoms with van der Waals surface area (Å²) in [6, 6.07) is 8.49. The molecule has 3 N–H and O–H groups in total. The fourth-order valence-electron chi connectivity index (χ4n) is 2.61. The number of hydrogen-bond acceptors (Lipinski definition) is 4.